The summed E-state index contributed by atoms with van der Waals surface area (Å²) < 4.78 is 2.08. The van der Waals surface area contributed by atoms with E-state index < -0.39 is 6.10 Å². The van der Waals surface area contributed by atoms with Gasteiger partial charge in [-0.15, -0.1) is 0 Å². The van der Waals surface area contributed by atoms with Gasteiger partial charge in [0.2, 0.25) is 5.91 Å². The quantitative estimate of drug-likeness (QED) is 0.101. The van der Waals surface area contributed by atoms with Crippen molar-refractivity contribution in [3.8, 4) is 5.82 Å². The lowest BCUT2D eigenvalue weighted by Crippen LogP contribution is -2.39. The Balaban J connectivity index is 1.04. The Morgan fingerprint density at radius 3 is 2.18 bits per heavy atom. The van der Waals surface area contributed by atoms with Crippen LogP contribution in [-0.4, -0.2) is 56.8 Å². The Morgan fingerprint density at radius 1 is 0.800 bits per heavy atom. The van der Waals surface area contributed by atoms with E-state index in [1.54, 1.807) is 18.3 Å². The average molecular weight is 674 g/mol. The summed E-state index contributed by atoms with van der Waals surface area (Å²) in [5, 5.41) is 29.8. The lowest BCUT2D eigenvalue weighted by Gasteiger charge is -2.18. The average Bonchev–Trinajstić information content (AvgIpc) is 3.47. The number of hydrogen-bond donors (Lipinski definition) is 5. The number of benzene rings is 3. The van der Waals surface area contributed by atoms with Gasteiger partial charge in [-0.25, -0.2) is 4.98 Å². The van der Waals surface area contributed by atoms with E-state index >= 15 is 0 Å². The van der Waals surface area contributed by atoms with Crippen molar-refractivity contribution in [3.63, 3.8) is 0 Å². The number of aryl methyl sites for hydroxylation is 2. The molecule has 0 aliphatic heterocycles. The van der Waals surface area contributed by atoms with Gasteiger partial charge >= 0.3 is 0 Å². The van der Waals surface area contributed by atoms with Crippen LogP contribution in [0, 0.1) is 13.8 Å². The molecule has 0 aliphatic carbocycles. The molecule has 3 atom stereocenters. The van der Waals surface area contributed by atoms with Crippen LogP contribution in [0.1, 0.15) is 62.6 Å². The second-order valence-electron chi connectivity index (χ2n) is 12.9. The number of carbonyl (C=O) groups excluding carboxylic acids is 2. The van der Waals surface area contributed by atoms with Gasteiger partial charge in [-0.1, -0.05) is 72.8 Å². The largest absolute Gasteiger partial charge is 0.394 e. The highest BCUT2D eigenvalue weighted by molar-refractivity contribution is 5.94. The van der Waals surface area contributed by atoms with E-state index in [1.807, 2.05) is 92.7 Å². The first-order chi connectivity index (χ1) is 24.2. The van der Waals surface area contributed by atoms with Crippen LogP contribution in [0.5, 0.6) is 0 Å². The van der Waals surface area contributed by atoms with Crippen LogP contribution < -0.4 is 16.0 Å². The van der Waals surface area contributed by atoms with Gasteiger partial charge in [-0.2, -0.15) is 0 Å². The standard InChI is InChI=1S/C41H47N5O4/c1-28(42-26-38(48)36-18-19-39(43-25-36)46-29(2)12-13-30(46)3)20-33-10-7-11-34(21-33)23-40(49)44-24-32-14-16-35(17-15-32)41(50)45-37(27-47)22-31-8-5-4-6-9-31/h4-19,21,25,28,37-38,42,47-48H,20,22-24,26-27H2,1-3H3,(H,44,49)(H,45,50)/t28?,37-,38-/m1/s1. The van der Waals surface area contributed by atoms with Crippen LogP contribution in [-0.2, 0) is 30.6 Å². The molecule has 2 amide bonds. The zero-order valence-corrected chi connectivity index (χ0v) is 29.0. The zero-order chi connectivity index (χ0) is 35.5. The van der Waals surface area contributed by atoms with Crippen LogP contribution in [0.15, 0.2) is 109 Å². The third-order valence-electron chi connectivity index (χ3n) is 8.80. The predicted molar refractivity (Wildman–Crippen MR) is 196 cm³/mol. The first-order valence-corrected chi connectivity index (χ1v) is 17.1. The van der Waals surface area contributed by atoms with Gasteiger partial charge in [0, 0.05) is 47.8 Å². The van der Waals surface area contributed by atoms with E-state index in [4.69, 9.17) is 0 Å². The highest BCUT2D eigenvalue weighted by Crippen LogP contribution is 2.18. The van der Waals surface area contributed by atoms with Crippen LogP contribution >= 0.6 is 0 Å². The molecule has 9 heteroatoms. The minimum atomic E-state index is -0.683. The van der Waals surface area contributed by atoms with E-state index in [-0.39, 0.29) is 36.9 Å². The topological polar surface area (TPSA) is 129 Å². The van der Waals surface area contributed by atoms with Crippen molar-refractivity contribution in [2.45, 2.75) is 64.8 Å². The highest BCUT2D eigenvalue weighted by atomic mass is 16.3. The minimum absolute atomic E-state index is 0.0910. The molecule has 0 fully saturated rings. The van der Waals surface area contributed by atoms with Crippen molar-refractivity contribution in [1.29, 1.82) is 0 Å². The lowest BCUT2D eigenvalue weighted by molar-refractivity contribution is -0.120. The van der Waals surface area contributed by atoms with E-state index in [1.165, 1.54) is 0 Å². The molecule has 1 unspecified atom stereocenters. The second kappa shape index (κ2) is 17.5. The number of aliphatic hydroxyl groups excluding tert-OH is 2. The van der Waals surface area contributed by atoms with Gasteiger partial charge in [-0.3, -0.25) is 9.59 Å². The van der Waals surface area contributed by atoms with Crippen molar-refractivity contribution in [2.75, 3.05) is 13.2 Å². The van der Waals surface area contributed by atoms with Crippen molar-refractivity contribution >= 4 is 11.8 Å². The number of aliphatic hydroxyl groups is 2. The molecule has 0 saturated carbocycles. The summed E-state index contributed by atoms with van der Waals surface area (Å²) >= 11 is 0. The number of amides is 2. The van der Waals surface area contributed by atoms with Crippen LogP contribution in [0.2, 0.25) is 0 Å². The van der Waals surface area contributed by atoms with Gasteiger partial charge in [-0.05, 0) is 86.2 Å². The molecule has 2 heterocycles. The summed E-state index contributed by atoms with van der Waals surface area (Å²) in [4.78, 5) is 30.1. The second-order valence-corrected chi connectivity index (χ2v) is 12.9. The summed E-state index contributed by atoms with van der Waals surface area (Å²) in [6.07, 6.45) is 2.59. The Labute approximate surface area is 294 Å². The zero-order valence-electron chi connectivity index (χ0n) is 29.0. The molecular formula is C41H47N5O4. The maximum Gasteiger partial charge on any atom is 0.251 e. The van der Waals surface area contributed by atoms with Crippen LogP contribution in [0.25, 0.3) is 5.82 Å². The summed E-state index contributed by atoms with van der Waals surface area (Å²) in [5.74, 6) is 0.489. The molecule has 5 aromatic rings. The Kier molecular flexibility index (Phi) is 12.7. The van der Waals surface area contributed by atoms with Gasteiger partial charge in [0.05, 0.1) is 25.2 Å². The number of nitrogens with one attached hydrogen (secondary N) is 3. The molecule has 5 rings (SSSR count). The van der Waals surface area contributed by atoms with Crippen molar-refractivity contribution < 1.29 is 19.8 Å². The van der Waals surface area contributed by atoms with Gasteiger partial charge in [0.15, 0.2) is 0 Å². The van der Waals surface area contributed by atoms with Gasteiger partial charge < -0.3 is 30.7 Å². The molecule has 260 valence electrons. The molecule has 9 nitrogen and oxygen atoms in total. The summed E-state index contributed by atoms with van der Waals surface area (Å²) in [6.45, 7) is 6.76. The molecule has 3 aromatic carbocycles. The number of rotatable bonds is 16. The third kappa shape index (κ3) is 10.2. The summed E-state index contributed by atoms with van der Waals surface area (Å²) in [6, 6.07) is 32.5. The number of nitrogens with zero attached hydrogens (tertiary/aromatic N) is 2. The lowest BCUT2D eigenvalue weighted by atomic mass is 10.0. The number of aromatic nitrogens is 2. The van der Waals surface area contributed by atoms with Crippen molar-refractivity contribution in [1.82, 2.24) is 25.5 Å². The molecule has 0 saturated heterocycles. The van der Waals surface area contributed by atoms with Gasteiger partial charge in [0.1, 0.15) is 5.82 Å². The summed E-state index contributed by atoms with van der Waals surface area (Å²) in [7, 11) is 0. The first-order valence-electron chi connectivity index (χ1n) is 17.1. The fourth-order valence-electron chi connectivity index (χ4n) is 6.03. The van der Waals surface area contributed by atoms with Crippen molar-refractivity contribution in [2.24, 2.45) is 0 Å². The molecule has 0 spiro atoms. The summed E-state index contributed by atoms with van der Waals surface area (Å²) in [5.41, 5.74) is 7.43. The first kappa shape index (κ1) is 36.2. The fourth-order valence-corrected chi connectivity index (χ4v) is 6.03. The molecule has 5 N–H and O–H groups in total. The van der Waals surface area contributed by atoms with Crippen molar-refractivity contribution in [3.05, 3.63) is 154 Å². The van der Waals surface area contributed by atoms with E-state index in [0.717, 1.165) is 51.4 Å². The van der Waals surface area contributed by atoms with Crippen LogP contribution in [0.3, 0.4) is 0 Å². The smallest absolute Gasteiger partial charge is 0.251 e. The SMILES string of the molecule is Cc1ccc(C)n1-c1ccc([C@H](O)CNC(C)Cc2cccc(CC(=O)NCc3ccc(C(=O)N[C@@H](CO)Cc4ccccc4)cc3)c2)cn1. The fraction of sp³-hybridized carbons (Fsp3) is 0.293. The maximum atomic E-state index is 12.8. The highest BCUT2D eigenvalue weighted by Gasteiger charge is 2.15. The normalized spacial score (nSPS) is 13.0. The Bertz CT molecular complexity index is 1820. The van der Waals surface area contributed by atoms with E-state index in [2.05, 4.69) is 44.6 Å². The Hall–Kier alpha value is -5.09. The molecule has 0 aliphatic rings. The predicted octanol–water partition coefficient (Wildman–Crippen LogP) is 4.94. The molecular weight excluding hydrogens is 626 g/mol. The Morgan fingerprint density at radius 2 is 1.50 bits per heavy atom. The molecule has 2 aromatic heterocycles. The maximum absolute atomic E-state index is 12.8. The minimum Gasteiger partial charge on any atom is -0.394 e. The van der Waals surface area contributed by atoms with Crippen LogP contribution in [0.4, 0.5) is 0 Å². The third-order valence-corrected chi connectivity index (χ3v) is 8.80. The number of carbonyl (C=O) groups is 2. The molecule has 0 bridgehead atoms. The molecule has 50 heavy (non-hydrogen) atoms. The monoisotopic (exact) mass is 673 g/mol. The van der Waals surface area contributed by atoms with E-state index in [0.29, 0.717) is 25.1 Å². The van der Waals surface area contributed by atoms with E-state index in [9.17, 15) is 19.8 Å². The number of pyridine rings is 1. The number of hydrogen-bond acceptors (Lipinski definition) is 6. The molecule has 0 radical (unpaired) electrons. The van der Waals surface area contributed by atoms with Gasteiger partial charge in [0.25, 0.3) is 5.91 Å².